The Hall–Kier alpha value is -3.83. The number of nitrogens with zero attached hydrogens (tertiary/aromatic N) is 6. The van der Waals surface area contributed by atoms with Gasteiger partial charge in [-0.1, -0.05) is 0 Å². The van der Waals surface area contributed by atoms with Crippen LogP contribution in [0.15, 0.2) is 60.0 Å². The minimum atomic E-state index is -3.58. The predicted molar refractivity (Wildman–Crippen MR) is 126 cm³/mol. The molecule has 0 fully saturated rings. The monoisotopic (exact) mass is 478 g/mol. The van der Waals surface area contributed by atoms with Gasteiger partial charge < -0.3 is 9.84 Å². The van der Waals surface area contributed by atoms with E-state index in [4.69, 9.17) is 9.84 Å². The molecule has 4 heterocycles. The SMILES string of the molecule is COc1ccc(S(=O)(=O)CCCO)cc1-n1nc(C)c2cnc(-c3cnn4cccnc34)cc21. The van der Waals surface area contributed by atoms with Crippen LogP contribution in [0.2, 0.25) is 0 Å². The maximum Gasteiger partial charge on any atom is 0.178 e. The van der Waals surface area contributed by atoms with Gasteiger partial charge in [0.15, 0.2) is 15.5 Å². The van der Waals surface area contributed by atoms with Gasteiger partial charge in [-0.2, -0.15) is 10.2 Å². The molecule has 0 radical (unpaired) electrons. The molecule has 0 aliphatic rings. The predicted octanol–water partition coefficient (Wildman–Crippen LogP) is 2.60. The summed E-state index contributed by atoms with van der Waals surface area (Å²) in [5.41, 5.74) is 4.06. The fraction of sp³-hybridized carbons (Fsp3) is 0.217. The Labute approximate surface area is 195 Å². The first kappa shape index (κ1) is 22.0. The molecule has 5 aromatic rings. The van der Waals surface area contributed by atoms with E-state index in [0.717, 1.165) is 22.2 Å². The molecule has 0 amide bonds. The summed E-state index contributed by atoms with van der Waals surface area (Å²) in [5.74, 6) is 0.325. The molecule has 1 aromatic carbocycles. The van der Waals surface area contributed by atoms with E-state index in [1.165, 1.54) is 13.2 Å². The lowest BCUT2D eigenvalue weighted by Crippen LogP contribution is -2.10. The topological polar surface area (TPSA) is 124 Å². The van der Waals surface area contributed by atoms with Gasteiger partial charge in [-0.05, 0) is 43.7 Å². The van der Waals surface area contributed by atoms with Crippen molar-refractivity contribution >= 4 is 26.4 Å². The Morgan fingerprint density at radius 2 is 2.00 bits per heavy atom. The second kappa shape index (κ2) is 8.50. The highest BCUT2D eigenvalue weighted by Crippen LogP contribution is 2.32. The number of hydrogen-bond acceptors (Lipinski definition) is 8. The van der Waals surface area contributed by atoms with Crippen molar-refractivity contribution in [3.8, 4) is 22.7 Å². The van der Waals surface area contributed by atoms with Gasteiger partial charge >= 0.3 is 0 Å². The molecule has 4 aromatic heterocycles. The van der Waals surface area contributed by atoms with Crippen LogP contribution in [0.4, 0.5) is 0 Å². The Morgan fingerprint density at radius 1 is 1.15 bits per heavy atom. The van der Waals surface area contributed by atoms with Gasteiger partial charge in [0.1, 0.15) is 11.4 Å². The molecule has 11 heteroatoms. The third-order valence-electron chi connectivity index (χ3n) is 5.61. The molecule has 0 aliphatic carbocycles. The standard InChI is InChI=1S/C23H22N6O4S/c1-15-17-13-25-19(18-14-26-28-8-3-7-24-23(18)28)12-20(17)29(27-15)21-11-16(5-6-22(21)33-2)34(31,32)10-4-9-30/h3,5-8,11-14,30H,4,9-10H2,1-2H3. The molecule has 0 aliphatic heterocycles. The van der Waals surface area contributed by atoms with Crippen LogP contribution in [0.3, 0.4) is 0 Å². The largest absolute Gasteiger partial charge is 0.494 e. The van der Waals surface area contributed by atoms with Crippen LogP contribution in [0.1, 0.15) is 12.1 Å². The summed E-state index contributed by atoms with van der Waals surface area (Å²) in [6, 6.07) is 8.35. The molecule has 0 saturated carbocycles. The lowest BCUT2D eigenvalue weighted by atomic mass is 10.1. The molecule has 0 atom stereocenters. The summed E-state index contributed by atoms with van der Waals surface area (Å²) >= 11 is 0. The van der Waals surface area contributed by atoms with E-state index in [1.54, 1.807) is 46.0 Å². The maximum atomic E-state index is 12.8. The second-order valence-electron chi connectivity index (χ2n) is 7.76. The first-order valence-corrected chi connectivity index (χ1v) is 12.2. The number of aliphatic hydroxyl groups excluding tert-OH is 1. The van der Waals surface area contributed by atoms with Crippen LogP contribution in [0.5, 0.6) is 5.75 Å². The molecule has 0 bridgehead atoms. The third kappa shape index (κ3) is 3.68. The quantitative estimate of drug-likeness (QED) is 0.378. The normalized spacial score (nSPS) is 12.0. The highest BCUT2D eigenvalue weighted by atomic mass is 32.2. The van der Waals surface area contributed by atoms with Crippen LogP contribution in [0, 0.1) is 6.92 Å². The Balaban J connectivity index is 1.70. The first-order valence-electron chi connectivity index (χ1n) is 10.6. The number of methoxy groups -OCH3 is 1. The maximum absolute atomic E-state index is 12.8. The zero-order chi connectivity index (χ0) is 23.9. The summed E-state index contributed by atoms with van der Waals surface area (Å²) in [6.07, 6.45) is 7.12. The zero-order valence-corrected chi connectivity index (χ0v) is 19.4. The van der Waals surface area contributed by atoms with Crippen molar-refractivity contribution in [2.24, 2.45) is 0 Å². The molecular weight excluding hydrogens is 456 g/mol. The third-order valence-corrected chi connectivity index (χ3v) is 7.41. The van der Waals surface area contributed by atoms with E-state index in [1.807, 2.05) is 19.2 Å². The van der Waals surface area contributed by atoms with Crippen molar-refractivity contribution in [1.82, 2.24) is 29.4 Å². The van der Waals surface area contributed by atoms with Gasteiger partial charge in [0, 0.05) is 30.6 Å². The number of pyridine rings is 1. The Bertz CT molecular complexity index is 1620. The molecule has 34 heavy (non-hydrogen) atoms. The van der Waals surface area contributed by atoms with Gasteiger partial charge in [0.2, 0.25) is 0 Å². The number of benzene rings is 1. The molecular formula is C23H22N6O4S. The van der Waals surface area contributed by atoms with Gasteiger partial charge in [-0.25, -0.2) is 22.6 Å². The van der Waals surface area contributed by atoms with Crippen molar-refractivity contribution < 1.29 is 18.3 Å². The van der Waals surface area contributed by atoms with Crippen LogP contribution in [0.25, 0.3) is 33.5 Å². The minimum absolute atomic E-state index is 0.138. The van der Waals surface area contributed by atoms with Gasteiger partial charge in [0.05, 0.1) is 46.4 Å². The number of aromatic nitrogens is 6. The van der Waals surface area contributed by atoms with E-state index in [-0.39, 0.29) is 23.7 Å². The Kier molecular flexibility index (Phi) is 5.50. The summed E-state index contributed by atoms with van der Waals surface area (Å²) in [4.78, 5) is 9.15. The van der Waals surface area contributed by atoms with E-state index in [2.05, 4.69) is 20.2 Å². The molecule has 0 spiro atoms. The van der Waals surface area contributed by atoms with Crippen LogP contribution in [-0.2, 0) is 9.84 Å². The zero-order valence-electron chi connectivity index (χ0n) is 18.6. The Morgan fingerprint density at radius 3 is 2.79 bits per heavy atom. The first-order chi connectivity index (χ1) is 16.4. The van der Waals surface area contributed by atoms with Gasteiger partial charge in [0.25, 0.3) is 0 Å². The second-order valence-corrected chi connectivity index (χ2v) is 9.87. The van der Waals surface area contributed by atoms with E-state index >= 15 is 0 Å². The van der Waals surface area contributed by atoms with Crippen molar-refractivity contribution in [2.45, 2.75) is 18.2 Å². The number of hydrogen-bond donors (Lipinski definition) is 1. The van der Waals surface area contributed by atoms with Gasteiger partial charge in [-0.15, -0.1) is 0 Å². The fourth-order valence-corrected chi connectivity index (χ4v) is 5.21. The highest BCUT2D eigenvalue weighted by Gasteiger charge is 2.20. The lowest BCUT2D eigenvalue weighted by Gasteiger charge is -2.12. The smallest absolute Gasteiger partial charge is 0.178 e. The van der Waals surface area contributed by atoms with Crippen molar-refractivity contribution in [3.63, 3.8) is 0 Å². The summed E-state index contributed by atoms with van der Waals surface area (Å²) in [7, 11) is -2.06. The summed E-state index contributed by atoms with van der Waals surface area (Å²) < 4.78 is 34.4. The molecule has 5 rings (SSSR count). The average molecular weight is 479 g/mol. The highest BCUT2D eigenvalue weighted by molar-refractivity contribution is 7.91. The number of sulfone groups is 1. The minimum Gasteiger partial charge on any atom is -0.494 e. The van der Waals surface area contributed by atoms with E-state index in [0.29, 0.717) is 22.8 Å². The fourth-order valence-electron chi connectivity index (χ4n) is 3.90. The number of aliphatic hydroxyl groups is 1. The number of ether oxygens (including phenoxy) is 1. The van der Waals surface area contributed by atoms with Crippen LogP contribution < -0.4 is 4.74 Å². The van der Waals surface area contributed by atoms with Crippen molar-refractivity contribution in [3.05, 3.63) is 60.8 Å². The average Bonchev–Trinajstić information content (AvgIpc) is 3.43. The number of fused-ring (bicyclic) bond motifs is 2. The van der Waals surface area contributed by atoms with Crippen molar-refractivity contribution in [1.29, 1.82) is 0 Å². The molecule has 10 nitrogen and oxygen atoms in total. The van der Waals surface area contributed by atoms with Crippen molar-refractivity contribution in [2.75, 3.05) is 19.5 Å². The number of aryl methyl sites for hydroxylation is 1. The molecule has 0 saturated heterocycles. The molecule has 174 valence electrons. The van der Waals surface area contributed by atoms with E-state index in [9.17, 15) is 8.42 Å². The molecule has 0 unspecified atom stereocenters. The van der Waals surface area contributed by atoms with Crippen LogP contribution in [-0.4, -0.2) is 62.4 Å². The van der Waals surface area contributed by atoms with Crippen LogP contribution >= 0.6 is 0 Å². The summed E-state index contributed by atoms with van der Waals surface area (Å²) in [5, 5.41) is 18.9. The van der Waals surface area contributed by atoms with Gasteiger partial charge in [-0.3, -0.25) is 4.98 Å². The molecule has 1 N–H and O–H groups in total. The lowest BCUT2D eigenvalue weighted by molar-refractivity contribution is 0.295. The van der Waals surface area contributed by atoms with E-state index < -0.39 is 9.84 Å². The number of rotatable bonds is 7. The summed E-state index contributed by atoms with van der Waals surface area (Å²) in [6.45, 7) is 1.67.